The van der Waals surface area contributed by atoms with E-state index < -0.39 is 40.2 Å². The van der Waals surface area contributed by atoms with Crippen LogP contribution in [0.5, 0.6) is 0 Å². The van der Waals surface area contributed by atoms with Crippen molar-refractivity contribution in [2.45, 2.75) is 56.9 Å². The second kappa shape index (κ2) is 7.07. The zero-order chi connectivity index (χ0) is 23.7. The van der Waals surface area contributed by atoms with Crippen molar-refractivity contribution in [3.05, 3.63) is 54.0 Å². The van der Waals surface area contributed by atoms with Crippen molar-refractivity contribution in [3.8, 4) is 0 Å². The van der Waals surface area contributed by atoms with Gasteiger partial charge in [-0.3, -0.25) is 4.98 Å². The van der Waals surface area contributed by atoms with Gasteiger partial charge in [0.2, 0.25) is 0 Å². The Bertz CT molecular complexity index is 1280. The molecule has 0 bridgehead atoms. The van der Waals surface area contributed by atoms with E-state index in [9.17, 15) is 21.6 Å². The van der Waals surface area contributed by atoms with Gasteiger partial charge in [0, 0.05) is 23.2 Å². The standard InChI is InChI=1S/C21H22BF3N2O4S/c1-13-6-8-14(9-7-13)32(28,29)27-12-15(22-30-19(2,3)20(4,5)31-22)17-16(27)10-11-26-18(17)21(23,24)25/h6-12H,1-5H3. The van der Waals surface area contributed by atoms with E-state index in [4.69, 9.17) is 9.31 Å². The van der Waals surface area contributed by atoms with E-state index in [1.54, 1.807) is 46.8 Å². The molecule has 0 radical (unpaired) electrons. The van der Waals surface area contributed by atoms with Crippen molar-refractivity contribution in [1.82, 2.24) is 8.96 Å². The van der Waals surface area contributed by atoms with Crippen molar-refractivity contribution >= 4 is 33.5 Å². The minimum Gasteiger partial charge on any atom is -0.399 e. The van der Waals surface area contributed by atoms with Crippen LogP contribution in [-0.4, -0.2) is 35.7 Å². The third kappa shape index (κ3) is 3.52. The van der Waals surface area contributed by atoms with E-state index in [-0.39, 0.29) is 21.3 Å². The number of pyridine rings is 1. The number of hydrogen-bond donors (Lipinski definition) is 0. The molecule has 3 aromatic rings. The van der Waals surface area contributed by atoms with Crippen LogP contribution in [0, 0.1) is 6.92 Å². The van der Waals surface area contributed by atoms with Crippen LogP contribution in [-0.2, 0) is 25.5 Å². The Morgan fingerprint density at radius 1 is 1.00 bits per heavy atom. The number of hydrogen-bond acceptors (Lipinski definition) is 5. The van der Waals surface area contributed by atoms with Gasteiger partial charge in [0.15, 0.2) is 5.69 Å². The number of halogens is 3. The molecule has 0 atom stereocenters. The lowest BCUT2D eigenvalue weighted by atomic mass is 9.78. The van der Waals surface area contributed by atoms with Crippen LogP contribution in [0.15, 0.2) is 47.6 Å². The maximum absolute atomic E-state index is 13.9. The van der Waals surface area contributed by atoms with Crippen molar-refractivity contribution in [2.24, 2.45) is 0 Å². The second-order valence-corrected chi connectivity index (χ2v) is 10.7. The average Bonchev–Trinajstić information content (AvgIpc) is 3.16. The first kappa shape index (κ1) is 22.8. The molecule has 0 N–H and O–H groups in total. The van der Waals surface area contributed by atoms with Gasteiger partial charge < -0.3 is 9.31 Å². The number of aryl methyl sites for hydroxylation is 1. The Kier molecular flexibility index (Phi) is 5.04. The molecule has 11 heteroatoms. The lowest BCUT2D eigenvalue weighted by molar-refractivity contribution is -0.139. The van der Waals surface area contributed by atoms with Gasteiger partial charge in [-0.05, 0) is 52.8 Å². The SMILES string of the molecule is Cc1ccc(S(=O)(=O)n2cc(B3OC(C)(C)C(C)(C)O3)c3c(C(F)(F)F)nccc32)cc1. The molecule has 0 amide bonds. The zero-order valence-electron chi connectivity index (χ0n) is 18.2. The molecule has 6 nitrogen and oxygen atoms in total. The Morgan fingerprint density at radius 2 is 1.56 bits per heavy atom. The Hall–Kier alpha value is -2.37. The quantitative estimate of drug-likeness (QED) is 0.548. The van der Waals surface area contributed by atoms with Crippen molar-refractivity contribution in [3.63, 3.8) is 0 Å². The molecule has 0 aliphatic carbocycles. The van der Waals surface area contributed by atoms with Crippen LogP contribution in [0.1, 0.15) is 39.0 Å². The van der Waals surface area contributed by atoms with Gasteiger partial charge in [-0.1, -0.05) is 17.7 Å². The third-order valence-corrected chi connectivity index (χ3v) is 7.75. The predicted molar refractivity (Wildman–Crippen MR) is 114 cm³/mol. The first-order chi connectivity index (χ1) is 14.6. The maximum atomic E-state index is 13.9. The molecule has 3 heterocycles. The highest BCUT2D eigenvalue weighted by molar-refractivity contribution is 7.90. The highest BCUT2D eigenvalue weighted by atomic mass is 32.2. The smallest absolute Gasteiger partial charge is 0.399 e. The summed E-state index contributed by atoms with van der Waals surface area (Å²) in [5.74, 6) is 0. The summed E-state index contributed by atoms with van der Waals surface area (Å²) in [6.45, 7) is 8.85. The van der Waals surface area contributed by atoms with Gasteiger partial charge in [0.05, 0.1) is 21.6 Å². The van der Waals surface area contributed by atoms with E-state index in [1.165, 1.54) is 18.2 Å². The van der Waals surface area contributed by atoms with Gasteiger partial charge >= 0.3 is 13.3 Å². The fraction of sp³-hybridized carbons (Fsp3) is 0.381. The molecule has 4 rings (SSSR count). The highest BCUT2D eigenvalue weighted by Crippen LogP contribution is 2.39. The zero-order valence-corrected chi connectivity index (χ0v) is 19.0. The van der Waals surface area contributed by atoms with Crippen molar-refractivity contribution < 1.29 is 30.9 Å². The van der Waals surface area contributed by atoms with Crippen LogP contribution in [0.4, 0.5) is 13.2 Å². The highest BCUT2D eigenvalue weighted by Gasteiger charge is 2.53. The Morgan fingerprint density at radius 3 is 2.09 bits per heavy atom. The molecule has 1 saturated heterocycles. The number of benzene rings is 1. The largest absolute Gasteiger partial charge is 0.497 e. The molecular formula is C21H22BF3N2O4S. The Balaban J connectivity index is 2.00. The molecule has 0 unspecified atom stereocenters. The lowest BCUT2D eigenvalue weighted by Crippen LogP contribution is -2.41. The summed E-state index contributed by atoms with van der Waals surface area (Å²) >= 11 is 0. The van der Waals surface area contributed by atoms with Gasteiger partial charge in [-0.15, -0.1) is 0 Å². The topological polar surface area (TPSA) is 70.4 Å². The first-order valence-electron chi connectivity index (χ1n) is 9.90. The number of fused-ring (bicyclic) bond motifs is 1. The van der Waals surface area contributed by atoms with E-state index in [2.05, 4.69) is 4.98 Å². The predicted octanol–water partition coefficient (Wildman–Crippen LogP) is 3.90. The molecular weight excluding hydrogens is 444 g/mol. The summed E-state index contributed by atoms with van der Waals surface area (Å²) < 4.78 is 81.1. The number of rotatable bonds is 3. The molecule has 1 fully saturated rings. The van der Waals surface area contributed by atoms with Gasteiger partial charge in [0.25, 0.3) is 10.0 Å². The Labute approximate surface area is 184 Å². The number of nitrogens with zero attached hydrogens (tertiary/aromatic N) is 2. The lowest BCUT2D eigenvalue weighted by Gasteiger charge is -2.32. The van der Waals surface area contributed by atoms with E-state index in [0.29, 0.717) is 0 Å². The van der Waals surface area contributed by atoms with Crippen LogP contribution in [0.25, 0.3) is 10.9 Å². The molecule has 0 saturated carbocycles. The van der Waals surface area contributed by atoms with Gasteiger partial charge in [0.1, 0.15) is 0 Å². The molecule has 2 aromatic heterocycles. The van der Waals surface area contributed by atoms with Crippen LogP contribution in [0.3, 0.4) is 0 Å². The third-order valence-electron chi connectivity index (χ3n) is 6.06. The number of alkyl halides is 3. The molecule has 1 aliphatic rings. The van der Waals surface area contributed by atoms with Crippen LogP contribution < -0.4 is 5.46 Å². The molecule has 1 aromatic carbocycles. The van der Waals surface area contributed by atoms with Crippen LogP contribution in [0.2, 0.25) is 0 Å². The molecule has 1 aliphatic heterocycles. The second-order valence-electron chi connectivity index (χ2n) is 8.84. The van der Waals surface area contributed by atoms with Crippen LogP contribution >= 0.6 is 0 Å². The van der Waals surface area contributed by atoms with Crippen molar-refractivity contribution in [1.29, 1.82) is 0 Å². The van der Waals surface area contributed by atoms with E-state index in [0.717, 1.165) is 21.9 Å². The average molecular weight is 466 g/mol. The first-order valence-corrected chi connectivity index (χ1v) is 11.3. The summed E-state index contributed by atoms with van der Waals surface area (Å²) in [4.78, 5) is 3.47. The monoisotopic (exact) mass is 466 g/mol. The summed E-state index contributed by atoms with van der Waals surface area (Å²) in [6, 6.07) is 7.31. The minimum atomic E-state index is -4.81. The van der Waals surface area contributed by atoms with Gasteiger partial charge in [-0.2, -0.15) is 13.2 Å². The summed E-state index contributed by atoms with van der Waals surface area (Å²) in [6.07, 6.45) is -2.73. The fourth-order valence-electron chi connectivity index (χ4n) is 3.57. The minimum absolute atomic E-state index is 0.0465. The maximum Gasteiger partial charge on any atom is 0.497 e. The number of aromatic nitrogens is 2. The fourth-order valence-corrected chi connectivity index (χ4v) is 4.94. The molecule has 32 heavy (non-hydrogen) atoms. The van der Waals surface area contributed by atoms with Crippen molar-refractivity contribution in [2.75, 3.05) is 0 Å². The normalized spacial score (nSPS) is 18.4. The van der Waals surface area contributed by atoms with Gasteiger partial charge in [-0.25, -0.2) is 12.4 Å². The van der Waals surface area contributed by atoms with E-state index >= 15 is 0 Å². The van der Waals surface area contributed by atoms with E-state index in [1.807, 2.05) is 0 Å². The molecule has 0 spiro atoms. The summed E-state index contributed by atoms with van der Waals surface area (Å²) in [7, 11) is -5.41. The summed E-state index contributed by atoms with van der Waals surface area (Å²) in [5.41, 5.74) is -2.21. The summed E-state index contributed by atoms with van der Waals surface area (Å²) in [5, 5.41) is -0.366. The molecule has 170 valence electrons.